The van der Waals surface area contributed by atoms with Crippen molar-refractivity contribution in [2.24, 2.45) is 0 Å². The quantitative estimate of drug-likeness (QED) is 0.934. The fourth-order valence-corrected chi connectivity index (χ4v) is 3.64. The minimum absolute atomic E-state index is 0.220. The Morgan fingerprint density at radius 3 is 3.11 bits per heavy atom. The Hall–Kier alpha value is -1.39. The first kappa shape index (κ1) is 12.6. The summed E-state index contributed by atoms with van der Waals surface area (Å²) in [5.41, 5.74) is 2.46. The molecule has 0 saturated carbocycles. The van der Waals surface area contributed by atoms with Crippen LogP contribution in [0.4, 0.5) is 0 Å². The van der Waals surface area contributed by atoms with Gasteiger partial charge in [0.25, 0.3) is 0 Å². The molecule has 100 valence electrons. The number of nitrogens with one attached hydrogen (secondary N) is 1. The van der Waals surface area contributed by atoms with Crippen LogP contribution in [0.3, 0.4) is 0 Å². The van der Waals surface area contributed by atoms with Crippen LogP contribution in [0.2, 0.25) is 0 Å². The van der Waals surface area contributed by atoms with Crippen molar-refractivity contribution in [2.45, 2.75) is 26.3 Å². The first-order chi connectivity index (χ1) is 9.29. The van der Waals surface area contributed by atoms with Crippen molar-refractivity contribution in [3.63, 3.8) is 0 Å². The van der Waals surface area contributed by atoms with E-state index in [-0.39, 0.29) is 6.04 Å². The second-order valence-electron chi connectivity index (χ2n) is 4.65. The monoisotopic (exact) mass is 274 g/mol. The van der Waals surface area contributed by atoms with Gasteiger partial charge in [-0.15, -0.1) is 11.3 Å². The lowest BCUT2D eigenvalue weighted by Crippen LogP contribution is -2.30. The lowest BCUT2D eigenvalue weighted by molar-refractivity contribution is 0.333. The van der Waals surface area contributed by atoms with Gasteiger partial charge in [-0.25, -0.2) is 4.98 Å². The van der Waals surface area contributed by atoms with Gasteiger partial charge in [0.05, 0.1) is 23.4 Å². The Labute approximate surface area is 117 Å². The van der Waals surface area contributed by atoms with Crippen molar-refractivity contribution in [1.82, 2.24) is 10.3 Å². The molecule has 1 atom stereocenters. The maximum atomic E-state index is 5.76. The molecule has 19 heavy (non-hydrogen) atoms. The van der Waals surface area contributed by atoms with Crippen molar-refractivity contribution in [3.8, 4) is 5.75 Å². The number of fused-ring (bicyclic) bond motifs is 1. The summed E-state index contributed by atoms with van der Waals surface area (Å²) in [7, 11) is 0. The van der Waals surface area contributed by atoms with Crippen LogP contribution >= 0.6 is 11.3 Å². The summed E-state index contributed by atoms with van der Waals surface area (Å²) < 4.78 is 5.76. The average molecular weight is 274 g/mol. The number of thiazole rings is 1. The number of nitrogens with zero attached hydrogens (tertiary/aromatic N) is 1. The smallest absolute Gasteiger partial charge is 0.124 e. The Morgan fingerprint density at radius 2 is 2.26 bits per heavy atom. The van der Waals surface area contributed by atoms with E-state index < -0.39 is 0 Å². The molecular weight excluding hydrogens is 256 g/mol. The molecule has 1 aromatic carbocycles. The number of aryl methyl sites for hydroxylation is 1. The zero-order valence-corrected chi connectivity index (χ0v) is 12.1. The second-order valence-corrected chi connectivity index (χ2v) is 5.89. The fourth-order valence-electron chi connectivity index (χ4n) is 2.58. The van der Waals surface area contributed by atoms with Gasteiger partial charge in [0.1, 0.15) is 5.75 Å². The molecule has 2 heterocycles. The minimum atomic E-state index is 0.220. The van der Waals surface area contributed by atoms with E-state index in [2.05, 4.69) is 29.4 Å². The van der Waals surface area contributed by atoms with Crippen molar-refractivity contribution in [2.75, 3.05) is 13.2 Å². The highest BCUT2D eigenvalue weighted by atomic mass is 32.1. The molecule has 0 radical (unpaired) electrons. The molecule has 3 rings (SSSR count). The molecule has 0 spiro atoms. The molecule has 1 aliphatic rings. The maximum Gasteiger partial charge on any atom is 0.124 e. The molecular formula is C15H18N2OS. The number of para-hydroxylation sites is 1. The van der Waals surface area contributed by atoms with Gasteiger partial charge < -0.3 is 10.1 Å². The molecule has 0 bridgehead atoms. The second kappa shape index (κ2) is 5.31. The van der Waals surface area contributed by atoms with Gasteiger partial charge in [-0.2, -0.15) is 0 Å². The Bertz CT molecular complexity index is 579. The van der Waals surface area contributed by atoms with Crippen LogP contribution in [0.25, 0.3) is 0 Å². The molecule has 0 saturated heterocycles. The third-order valence-corrected chi connectivity index (χ3v) is 4.41. The topological polar surface area (TPSA) is 34.1 Å². The zero-order valence-electron chi connectivity index (χ0n) is 11.3. The highest BCUT2D eigenvalue weighted by Crippen LogP contribution is 2.36. The van der Waals surface area contributed by atoms with Crippen LogP contribution in [0.5, 0.6) is 5.75 Å². The number of hydrogen-bond donors (Lipinski definition) is 1. The van der Waals surface area contributed by atoms with Gasteiger partial charge in [-0.05, 0) is 19.9 Å². The first-order valence-electron chi connectivity index (χ1n) is 6.71. The van der Waals surface area contributed by atoms with Crippen molar-refractivity contribution in [1.29, 1.82) is 0 Å². The van der Waals surface area contributed by atoms with Crippen LogP contribution in [0, 0.1) is 6.92 Å². The number of benzene rings is 1. The number of aromatic nitrogens is 1. The lowest BCUT2D eigenvalue weighted by Gasteiger charge is -2.25. The first-order valence-corrected chi connectivity index (χ1v) is 7.52. The summed E-state index contributed by atoms with van der Waals surface area (Å²) in [5, 5.41) is 4.74. The highest BCUT2D eigenvalue weighted by molar-refractivity contribution is 7.11. The van der Waals surface area contributed by atoms with E-state index in [9.17, 15) is 0 Å². The molecule has 0 amide bonds. The van der Waals surface area contributed by atoms with E-state index in [1.807, 2.05) is 19.1 Å². The van der Waals surface area contributed by atoms with Gasteiger partial charge >= 0.3 is 0 Å². The van der Waals surface area contributed by atoms with E-state index in [0.29, 0.717) is 6.61 Å². The van der Waals surface area contributed by atoms with Crippen LogP contribution < -0.4 is 10.1 Å². The van der Waals surface area contributed by atoms with Gasteiger partial charge in [0, 0.05) is 23.4 Å². The van der Waals surface area contributed by atoms with Crippen LogP contribution in [-0.2, 0) is 6.42 Å². The number of ether oxygens (including phenoxy) is 1. The van der Waals surface area contributed by atoms with E-state index in [1.54, 1.807) is 11.3 Å². The molecule has 1 N–H and O–H groups in total. The third-order valence-electron chi connectivity index (χ3n) is 3.34. The highest BCUT2D eigenvalue weighted by Gasteiger charge is 2.26. The largest absolute Gasteiger partial charge is 0.494 e. The summed E-state index contributed by atoms with van der Waals surface area (Å²) >= 11 is 1.79. The Balaban J connectivity index is 2.03. The molecule has 0 aliphatic carbocycles. The predicted molar refractivity (Wildman–Crippen MR) is 78.0 cm³/mol. The summed E-state index contributed by atoms with van der Waals surface area (Å²) in [4.78, 5) is 5.98. The van der Waals surface area contributed by atoms with Gasteiger partial charge in [0.2, 0.25) is 0 Å². The molecule has 0 fully saturated rings. The molecule has 4 heteroatoms. The molecule has 1 aliphatic heterocycles. The Morgan fingerprint density at radius 1 is 1.42 bits per heavy atom. The molecule has 2 aromatic rings. The van der Waals surface area contributed by atoms with Gasteiger partial charge in [-0.3, -0.25) is 0 Å². The van der Waals surface area contributed by atoms with E-state index >= 15 is 0 Å². The summed E-state index contributed by atoms with van der Waals surface area (Å²) in [6, 6.07) is 8.51. The van der Waals surface area contributed by atoms with Crippen molar-refractivity contribution < 1.29 is 4.74 Å². The third kappa shape index (κ3) is 2.38. The number of hydrogen-bond acceptors (Lipinski definition) is 4. The molecule has 1 aromatic heterocycles. The van der Waals surface area contributed by atoms with Gasteiger partial charge in [0.15, 0.2) is 0 Å². The summed E-state index contributed by atoms with van der Waals surface area (Å²) in [6.07, 6.45) is 1.02. The predicted octanol–water partition coefficient (Wildman–Crippen LogP) is 3.09. The SMILES string of the molecule is CCOc1ccccc1C1NCCc2nc(C)sc21. The van der Waals surface area contributed by atoms with Crippen LogP contribution in [0.15, 0.2) is 24.3 Å². The standard InChI is InChI=1S/C15H18N2OS/c1-3-18-13-7-5-4-6-11(13)14-15-12(8-9-16-14)17-10(2)19-15/h4-7,14,16H,3,8-9H2,1-2H3. The van der Waals surface area contributed by atoms with Crippen molar-refractivity contribution >= 4 is 11.3 Å². The Kier molecular flexibility index (Phi) is 3.53. The fraction of sp³-hybridized carbons (Fsp3) is 0.400. The van der Waals surface area contributed by atoms with Crippen molar-refractivity contribution in [3.05, 3.63) is 45.4 Å². The van der Waals surface area contributed by atoms with Crippen LogP contribution in [0.1, 0.15) is 34.1 Å². The van der Waals surface area contributed by atoms with E-state index in [4.69, 9.17) is 4.74 Å². The lowest BCUT2D eigenvalue weighted by atomic mass is 9.99. The number of rotatable bonds is 3. The van der Waals surface area contributed by atoms with Gasteiger partial charge in [-0.1, -0.05) is 18.2 Å². The maximum absolute atomic E-state index is 5.76. The summed E-state index contributed by atoms with van der Waals surface area (Å²) in [5.74, 6) is 0.974. The zero-order chi connectivity index (χ0) is 13.2. The summed E-state index contributed by atoms with van der Waals surface area (Å²) in [6.45, 7) is 5.77. The average Bonchev–Trinajstić information content (AvgIpc) is 2.80. The molecule has 3 nitrogen and oxygen atoms in total. The van der Waals surface area contributed by atoms with E-state index in [1.165, 1.54) is 16.1 Å². The normalized spacial score (nSPS) is 18.1. The van der Waals surface area contributed by atoms with E-state index in [0.717, 1.165) is 23.7 Å². The molecule has 1 unspecified atom stereocenters. The van der Waals surface area contributed by atoms with Crippen LogP contribution in [-0.4, -0.2) is 18.1 Å². The minimum Gasteiger partial charge on any atom is -0.494 e.